The molecule has 8 heteroatoms. The van der Waals surface area contributed by atoms with E-state index < -0.39 is 5.91 Å². The van der Waals surface area contributed by atoms with Gasteiger partial charge in [-0.3, -0.25) is 4.79 Å². The second kappa shape index (κ2) is 5.91. The van der Waals surface area contributed by atoms with Crippen molar-refractivity contribution in [3.05, 3.63) is 42.0 Å². The highest BCUT2D eigenvalue weighted by molar-refractivity contribution is 6.01. The molecule has 2 aromatic heterocycles. The fourth-order valence-corrected chi connectivity index (χ4v) is 2.10. The summed E-state index contributed by atoms with van der Waals surface area (Å²) in [7, 11) is 3.08. The number of carbonyl (C=O) groups excluding carboxylic acids is 1. The van der Waals surface area contributed by atoms with Crippen LogP contribution in [0.4, 0.5) is 5.69 Å². The third-order valence-electron chi connectivity index (χ3n) is 3.27. The minimum atomic E-state index is -0.429. The number of hydrogen-bond acceptors (Lipinski definition) is 6. The van der Waals surface area contributed by atoms with E-state index in [0.29, 0.717) is 23.0 Å². The van der Waals surface area contributed by atoms with E-state index in [-0.39, 0.29) is 5.82 Å². The van der Waals surface area contributed by atoms with Gasteiger partial charge in [-0.2, -0.15) is 4.98 Å². The van der Waals surface area contributed by atoms with Gasteiger partial charge in [0.15, 0.2) is 11.5 Å². The van der Waals surface area contributed by atoms with Crippen molar-refractivity contribution in [2.24, 2.45) is 0 Å². The Balaban J connectivity index is 1.87. The molecule has 0 radical (unpaired) electrons. The third-order valence-corrected chi connectivity index (χ3v) is 3.27. The number of methoxy groups -OCH3 is 2. The van der Waals surface area contributed by atoms with E-state index in [0.717, 1.165) is 5.69 Å². The maximum atomic E-state index is 12.3. The number of nitrogens with zero attached hydrogens (tertiary/aromatic N) is 4. The van der Waals surface area contributed by atoms with Crippen LogP contribution in [-0.4, -0.2) is 39.7 Å². The monoisotopic (exact) mass is 313 g/mol. The lowest BCUT2D eigenvalue weighted by Gasteiger charge is -2.09. The lowest BCUT2D eigenvalue weighted by atomic mass is 10.2. The van der Waals surface area contributed by atoms with Crippen LogP contribution in [0.3, 0.4) is 0 Å². The summed E-state index contributed by atoms with van der Waals surface area (Å²) in [6.07, 6.45) is 1.62. The van der Waals surface area contributed by atoms with Gasteiger partial charge in [0, 0.05) is 23.6 Å². The molecule has 0 saturated carbocycles. The van der Waals surface area contributed by atoms with Crippen LogP contribution in [0.5, 0.6) is 11.5 Å². The summed E-state index contributed by atoms with van der Waals surface area (Å²) in [5, 5.41) is 6.88. The second-order valence-corrected chi connectivity index (χ2v) is 4.76. The topological polar surface area (TPSA) is 90.6 Å². The molecular weight excluding hydrogens is 298 g/mol. The molecule has 0 spiro atoms. The number of ether oxygens (including phenoxy) is 2. The number of aromatic nitrogens is 4. The zero-order chi connectivity index (χ0) is 16.4. The number of benzene rings is 1. The quantitative estimate of drug-likeness (QED) is 0.788. The van der Waals surface area contributed by atoms with Crippen molar-refractivity contribution in [1.82, 2.24) is 19.6 Å². The average Bonchev–Trinajstić information content (AvgIpc) is 3.00. The minimum absolute atomic E-state index is 0.0431. The Bertz CT molecular complexity index is 875. The molecule has 0 aliphatic heterocycles. The normalized spacial score (nSPS) is 10.6. The summed E-state index contributed by atoms with van der Waals surface area (Å²) in [6.45, 7) is 1.86. The molecule has 0 fully saturated rings. The lowest BCUT2D eigenvalue weighted by molar-refractivity contribution is 0.101. The number of aryl methyl sites for hydroxylation is 1. The number of amides is 1. The Kier molecular flexibility index (Phi) is 3.80. The van der Waals surface area contributed by atoms with Gasteiger partial charge in [-0.25, -0.2) is 9.50 Å². The highest BCUT2D eigenvalue weighted by Crippen LogP contribution is 2.29. The molecule has 2 heterocycles. The summed E-state index contributed by atoms with van der Waals surface area (Å²) >= 11 is 0. The molecule has 0 aliphatic carbocycles. The predicted molar refractivity (Wildman–Crippen MR) is 83.0 cm³/mol. The van der Waals surface area contributed by atoms with Crippen LogP contribution in [0.15, 0.2) is 30.5 Å². The van der Waals surface area contributed by atoms with E-state index >= 15 is 0 Å². The molecule has 3 rings (SSSR count). The predicted octanol–water partition coefficient (Wildman–Crippen LogP) is 1.70. The first-order valence-electron chi connectivity index (χ1n) is 6.84. The van der Waals surface area contributed by atoms with Gasteiger partial charge in [-0.05, 0) is 25.1 Å². The Morgan fingerprint density at radius 1 is 1.17 bits per heavy atom. The Morgan fingerprint density at radius 2 is 1.96 bits per heavy atom. The highest BCUT2D eigenvalue weighted by atomic mass is 16.5. The van der Waals surface area contributed by atoms with Gasteiger partial charge in [-0.1, -0.05) is 0 Å². The number of rotatable bonds is 4. The molecule has 118 valence electrons. The molecule has 8 nitrogen and oxygen atoms in total. The number of nitrogens with one attached hydrogen (secondary N) is 1. The number of carbonyl (C=O) groups is 1. The van der Waals surface area contributed by atoms with Crippen molar-refractivity contribution in [2.75, 3.05) is 19.5 Å². The van der Waals surface area contributed by atoms with Crippen LogP contribution >= 0.6 is 0 Å². The fraction of sp³-hybridized carbons (Fsp3) is 0.200. The molecule has 3 aromatic rings. The SMILES string of the molecule is COc1ccc(NC(=O)c2nc3nccc(C)n3n2)cc1OC. The van der Waals surface area contributed by atoms with E-state index in [9.17, 15) is 4.79 Å². The summed E-state index contributed by atoms with van der Waals surface area (Å²) in [6, 6.07) is 6.86. The number of fused-ring (bicyclic) bond motifs is 1. The van der Waals surface area contributed by atoms with E-state index in [1.54, 1.807) is 37.6 Å². The van der Waals surface area contributed by atoms with Crippen LogP contribution in [0, 0.1) is 6.92 Å². The van der Waals surface area contributed by atoms with Gasteiger partial charge in [0.1, 0.15) is 0 Å². The smallest absolute Gasteiger partial charge is 0.295 e. The van der Waals surface area contributed by atoms with Crippen LogP contribution in [-0.2, 0) is 0 Å². The van der Waals surface area contributed by atoms with Crippen molar-refractivity contribution in [1.29, 1.82) is 0 Å². The van der Waals surface area contributed by atoms with Crippen molar-refractivity contribution < 1.29 is 14.3 Å². The zero-order valence-corrected chi connectivity index (χ0v) is 12.9. The molecule has 0 atom stereocenters. The minimum Gasteiger partial charge on any atom is -0.493 e. The average molecular weight is 313 g/mol. The third kappa shape index (κ3) is 2.78. The fourth-order valence-electron chi connectivity index (χ4n) is 2.10. The van der Waals surface area contributed by atoms with Crippen molar-refractivity contribution in [3.63, 3.8) is 0 Å². The summed E-state index contributed by atoms with van der Waals surface area (Å²) < 4.78 is 11.9. The lowest BCUT2D eigenvalue weighted by Crippen LogP contribution is -2.14. The molecule has 0 aliphatic rings. The van der Waals surface area contributed by atoms with Gasteiger partial charge in [0.2, 0.25) is 5.82 Å². The summed E-state index contributed by atoms with van der Waals surface area (Å²) in [4.78, 5) is 20.5. The first-order valence-corrected chi connectivity index (χ1v) is 6.84. The molecule has 23 heavy (non-hydrogen) atoms. The number of hydrogen-bond donors (Lipinski definition) is 1. The standard InChI is InChI=1S/C15H15N5O3/c1-9-6-7-16-15-18-13(19-20(9)15)14(21)17-10-4-5-11(22-2)12(8-10)23-3/h4-8H,1-3H3,(H,17,21). The molecular formula is C15H15N5O3. The van der Waals surface area contributed by atoms with Crippen LogP contribution in [0.2, 0.25) is 0 Å². The first-order chi connectivity index (χ1) is 11.1. The van der Waals surface area contributed by atoms with Gasteiger partial charge in [-0.15, -0.1) is 5.10 Å². The summed E-state index contributed by atoms with van der Waals surface area (Å²) in [5.74, 6) is 1.09. The van der Waals surface area contributed by atoms with E-state index in [1.807, 2.05) is 6.92 Å². The molecule has 0 unspecified atom stereocenters. The first kappa shape index (κ1) is 14.8. The summed E-state index contributed by atoms with van der Waals surface area (Å²) in [5.41, 5.74) is 1.39. The molecule has 1 aromatic carbocycles. The van der Waals surface area contributed by atoms with Gasteiger partial charge < -0.3 is 14.8 Å². The van der Waals surface area contributed by atoms with Crippen molar-refractivity contribution in [3.8, 4) is 11.5 Å². The van der Waals surface area contributed by atoms with Gasteiger partial charge in [0.05, 0.1) is 14.2 Å². The molecule has 1 amide bonds. The molecule has 1 N–H and O–H groups in total. The largest absolute Gasteiger partial charge is 0.493 e. The second-order valence-electron chi connectivity index (χ2n) is 4.76. The van der Waals surface area contributed by atoms with E-state index in [2.05, 4.69) is 20.4 Å². The van der Waals surface area contributed by atoms with Crippen molar-refractivity contribution >= 4 is 17.4 Å². The molecule has 0 bridgehead atoms. The van der Waals surface area contributed by atoms with Crippen LogP contribution < -0.4 is 14.8 Å². The van der Waals surface area contributed by atoms with Crippen LogP contribution in [0.25, 0.3) is 5.78 Å². The Morgan fingerprint density at radius 3 is 2.65 bits per heavy atom. The Labute approximate surface area is 132 Å². The maximum Gasteiger partial charge on any atom is 0.295 e. The molecule has 0 saturated heterocycles. The van der Waals surface area contributed by atoms with E-state index in [4.69, 9.17) is 9.47 Å². The van der Waals surface area contributed by atoms with Gasteiger partial charge in [0.25, 0.3) is 11.7 Å². The highest BCUT2D eigenvalue weighted by Gasteiger charge is 2.15. The van der Waals surface area contributed by atoms with Gasteiger partial charge >= 0.3 is 0 Å². The Hall–Kier alpha value is -3.16. The zero-order valence-electron chi connectivity index (χ0n) is 12.9. The van der Waals surface area contributed by atoms with Crippen molar-refractivity contribution in [2.45, 2.75) is 6.92 Å². The van der Waals surface area contributed by atoms with Crippen LogP contribution in [0.1, 0.15) is 16.3 Å². The maximum absolute atomic E-state index is 12.3. The number of anilines is 1. The van der Waals surface area contributed by atoms with E-state index in [1.165, 1.54) is 11.6 Å².